The number of guanidine groups is 1. The van der Waals surface area contributed by atoms with E-state index in [1.54, 1.807) is 7.11 Å². The highest BCUT2D eigenvalue weighted by molar-refractivity contribution is 5.80. The van der Waals surface area contributed by atoms with E-state index in [2.05, 4.69) is 64.7 Å². The SMILES string of the molecule is CN=C(NCC(c1ccccc1)N1CCC(C)CC1)NC(C)COC. The molecular weight excluding hydrogens is 312 g/mol. The predicted octanol–water partition coefficient (Wildman–Crippen LogP) is 2.66. The van der Waals surface area contributed by atoms with E-state index in [0.29, 0.717) is 12.6 Å². The molecule has 1 fully saturated rings. The van der Waals surface area contributed by atoms with Gasteiger partial charge in [0.25, 0.3) is 0 Å². The predicted molar refractivity (Wildman–Crippen MR) is 105 cm³/mol. The lowest BCUT2D eigenvalue weighted by Crippen LogP contribution is -2.48. The number of benzene rings is 1. The summed E-state index contributed by atoms with van der Waals surface area (Å²) in [5, 5.41) is 6.89. The third-order valence-corrected chi connectivity index (χ3v) is 4.93. The first kappa shape index (κ1) is 19.7. The Hall–Kier alpha value is -1.59. The van der Waals surface area contributed by atoms with Crippen molar-refractivity contribution in [1.29, 1.82) is 0 Å². The molecule has 2 atom stereocenters. The minimum atomic E-state index is 0.224. The van der Waals surface area contributed by atoms with Gasteiger partial charge in [-0.25, -0.2) is 0 Å². The van der Waals surface area contributed by atoms with Gasteiger partial charge in [-0.2, -0.15) is 0 Å². The lowest BCUT2D eigenvalue weighted by Gasteiger charge is -2.37. The molecule has 0 saturated carbocycles. The second-order valence-electron chi connectivity index (χ2n) is 7.10. The maximum absolute atomic E-state index is 5.20. The van der Waals surface area contributed by atoms with E-state index in [1.807, 2.05) is 7.05 Å². The highest BCUT2D eigenvalue weighted by Crippen LogP contribution is 2.26. The molecule has 1 aromatic rings. The molecule has 25 heavy (non-hydrogen) atoms. The average molecular weight is 347 g/mol. The van der Waals surface area contributed by atoms with E-state index in [-0.39, 0.29) is 6.04 Å². The molecule has 5 heteroatoms. The van der Waals surface area contributed by atoms with Gasteiger partial charge in [0.1, 0.15) is 0 Å². The fourth-order valence-corrected chi connectivity index (χ4v) is 3.39. The Morgan fingerprint density at radius 3 is 2.56 bits per heavy atom. The van der Waals surface area contributed by atoms with E-state index in [0.717, 1.165) is 31.5 Å². The van der Waals surface area contributed by atoms with E-state index < -0.39 is 0 Å². The summed E-state index contributed by atoms with van der Waals surface area (Å²) >= 11 is 0. The Balaban J connectivity index is 2.01. The summed E-state index contributed by atoms with van der Waals surface area (Å²) in [7, 11) is 3.53. The number of nitrogens with one attached hydrogen (secondary N) is 2. The highest BCUT2D eigenvalue weighted by atomic mass is 16.5. The van der Waals surface area contributed by atoms with Crippen LogP contribution in [0.3, 0.4) is 0 Å². The van der Waals surface area contributed by atoms with Gasteiger partial charge in [0.15, 0.2) is 5.96 Å². The largest absolute Gasteiger partial charge is 0.383 e. The molecule has 1 aliphatic rings. The number of aliphatic imine (C=N–C) groups is 1. The second kappa shape index (κ2) is 10.4. The Morgan fingerprint density at radius 2 is 1.96 bits per heavy atom. The summed E-state index contributed by atoms with van der Waals surface area (Å²) in [5.74, 6) is 1.67. The van der Waals surface area contributed by atoms with Gasteiger partial charge in [0.05, 0.1) is 12.6 Å². The van der Waals surface area contributed by atoms with Crippen LogP contribution in [0.4, 0.5) is 0 Å². The van der Waals surface area contributed by atoms with Crippen molar-refractivity contribution in [2.75, 3.05) is 40.4 Å². The van der Waals surface area contributed by atoms with Gasteiger partial charge in [-0.1, -0.05) is 37.3 Å². The highest BCUT2D eigenvalue weighted by Gasteiger charge is 2.24. The molecule has 0 amide bonds. The smallest absolute Gasteiger partial charge is 0.191 e. The summed E-state index contributed by atoms with van der Waals surface area (Å²) in [5.41, 5.74) is 1.37. The van der Waals surface area contributed by atoms with Crippen molar-refractivity contribution in [1.82, 2.24) is 15.5 Å². The number of piperidine rings is 1. The van der Waals surface area contributed by atoms with Crippen LogP contribution in [-0.2, 0) is 4.74 Å². The molecule has 1 saturated heterocycles. The quantitative estimate of drug-likeness (QED) is 0.589. The monoisotopic (exact) mass is 346 g/mol. The minimum absolute atomic E-state index is 0.224. The van der Waals surface area contributed by atoms with Crippen molar-refractivity contribution in [3.63, 3.8) is 0 Å². The van der Waals surface area contributed by atoms with Gasteiger partial charge >= 0.3 is 0 Å². The van der Waals surface area contributed by atoms with Crippen LogP contribution in [0, 0.1) is 5.92 Å². The Bertz CT molecular complexity index is 512. The van der Waals surface area contributed by atoms with E-state index in [1.165, 1.54) is 18.4 Å². The third-order valence-electron chi connectivity index (χ3n) is 4.93. The number of hydrogen-bond donors (Lipinski definition) is 2. The van der Waals surface area contributed by atoms with Crippen molar-refractivity contribution in [2.24, 2.45) is 10.9 Å². The van der Waals surface area contributed by atoms with Crippen LogP contribution in [0.5, 0.6) is 0 Å². The summed E-state index contributed by atoms with van der Waals surface area (Å²) in [6, 6.07) is 11.4. The zero-order valence-corrected chi connectivity index (χ0v) is 16.2. The fourth-order valence-electron chi connectivity index (χ4n) is 3.39. The molecule has 2 N–H and O–H groups in total. The second-order valence-corrected chi connectivity index (χ2v) is 7.10. The molecule has 140 valence electrons. The van der Waals surface area contributed by atoms with Gasteiger partial charge in [-0.05, 0) is 44.3 Å². The lowest BCUT2D eigenvalue weighted by atomic mass is 9.95. The van der Waals surface area contributed by atoms with Crippen molar-refractivity contribution in [3.8, 4) is 0 Å². The van der Waals surface area contributed by atoms with Crippen molar-refractivity contribution in [3.05, 3.63) is 35.9 Å². The normalized spacial score (nSPS) is 19.4. The Morgan fingerprint density at radius 1 is 1.28 bits per heavy atom. The van der Waals surface area contributed by atoms with E-state index in [9.17, 15) is 0 Å². The van der Waals surface area contributed by atoms with Gasteiger partial charge in [-0.3, -0.25) is 9.89 Å². The maximum Gasteiger partial charge on any atom is 0.191 e. The van der Waals surface area contributed by atoms with Crippen molar-refractivity contribution in [2.45, 2.75) is 38.8 Å². The van der Waals surface area contributed by atoms with E-state index >= 15 is 0 Å². The molecule has 0 radical (unpaired) electrons. The van der Waals surface area contributed by atoms with Gasteiger partial charge < -0.3 is 15.4 Å². The van der Waals surface area contributed by atoms with Gasteiger partial charge in [0, 0.05) is 26.7 Å². The third kappa shape index (κ3) is 6.33. The molecule has 2 unspecified atom stereocenters. The summed E-state index contributed by atoms with van der Waals surface area (Å²) in [6.07, 6.45) is 2.56. The van der Waals surface area contributed by atoms with Crippen molar-refractivity contribution < 1.29 is 4.74 Å². The fraction of sp³-hybridized carbons (Fsp3) is 0.650. The van der Waals surface area contributed by atoms with Crippen molar-refractivity contribution >= 4 is 5.96 Å². The molecule has 0 aliphatic carbocycles. The molecule has 0 bridgehead atoms. The Labute approximate surface area is 152 Å². The lowest BCUT2D eigenvalue weighted by molar-refractivity contribution is 0.138. The number of likely N-dealkylation sites (tertiary alicyclic amines) is 1. The zero-order valence-electron chi connectivity index (χ0n) is 16.2. The van der Waals surface area contributed by atoms with Crippen LogP contribution in [0.2, 0.25) is 0 Å². The summed E-state index contributed by atoms with van der Waals surface area (Å²) < 4.78 is 5.20. The van der Waals surface area contributed by atoms with Crippen LogP contribution in [0.25, 0.3) is 0 Å². The minimum Gasteiger partial charge on any atom is -0.383 e. The first-order chi connectivity index (χ1) is 12.1. The zero-order chi connectivity index (χ0) is 18.1. The Kier molecular flexibility index (Phi) is 8.22. The van der Waals surface area contributed by atoms with Crippen LogP contribution in [0.1, 0.15) is 38.3 Å². The van der Waals surface area contributed by atoms with Gasteiger partial charge in [-0.15, -0.1) is 0 Å². The molecule has 0 spiro atoms. The number of methoxy groups -OCH3 is 1. The van der Waals surface area contributed by atoms with Crippen LogP contribution in [0.15, 0.2) is 35.3 Å². The first-order valence-electron chi connectivity index (χ1n) is 9.39. The number of nitrogens with zero attached hydrogens (tertiary/aromatic N) is 2. The number of rotatable bonds is 7. The molecule has 5 nitrogen and oxygen atoms in total. The van der Waals surface area contributed by atoms with Crippen LogP contribution >= 0.6 is 0 Å². The number of ether oxygens (including phenoxy) is 1. The molecule has 1 heterocycles. The standard InChI is InChI=1S/C20H34N4O/c1-16-10-12-24(13-11-16)19(18-8-6-5-7-9-18)14-22-20(21-3)23-17(2)15-25-4/h5-9,16-17,19H,10-15H2,1-4H3,(H2,21,22,23). The summed E-state index contributed by atoms with van der Waals surface area (Å²) in [6.45, 7) is 8.28. The van der Waals surface area contributed by atoms with Crippen LogP contribution < -0.4 is 10.6 Å². The van der Waals surface area contributed by atoms with Crippen LogP contribution in [-0.4, -0.2) is 57.3 Å². The summed E-state index contributed by atoms with van der Waals surface area (Å²) in [4.78, 5) is 6.96. The molecule has 0 aromatic heterocycles. The van der Waals surface area contributed by atoms with Gasteiger partial charge in [0.2, 0.25) is 0 Å². The topological polar surface area (TPSA) is 48.9 Å². The van der Waals surface area contributed by atoms with E-state index in [4.69, 9.17) is 4.74 Å². The molecule has 2 rings (SSSR count). The molecular formula is C20H34N4O. The molecule has 1 aromatic carbocycles. The maximum atomic E-state index is 5.20. The first-order valence-corrected chi connectivity index (χ1v) is 9.39. The molecule has 1 aliphatic heterocycles. The average Bonchev–Trinajstić information content (AvgIpc) is 2.63. The number of hydrogen-bond acceptors (Lipinski definition) is 3.